The third kappa shape index (κ3) is 3.54. The third-order valence-corrected chi connectivity index (χ3v) is 7.67. The van der Waals surface area contributed by atoms with Crippen LogP contribution in [0.1, 0.15) is 34.8 Å². The van der Waals surface area contributed by atoms with Gasteiger partial charge in [-0.2, -0.15) is 9.61 Å². The van der Waals surface area contributed by atoms with Crippen molar-refractivity contribution in [2.24, 2.45) is 0 Å². The maximum absolute atomic E-state index is 11.9. The van der Waals surface area contributed by atoms with E-state index in [1.807, 2.05) is 42.5 Å². The average molecular weight is 448 g/mol. The summed E-state index contributed by atoms with van der Waals surface area (Å²) in [6, 6.07) is 13.8. The van der Waals surface area contributed by atoms with E-state index in [1.54, 1.807) is 12.4 Å². The maximum Gasteiger partial charge on any atom is 0.165 e. The number of carbonyl (C=O) groups excluding carboxylic acids is 1. The predicted molar refractivity (Wildman–Crippen MR) is 122 cm³/mol. The molecule has 0 atom stereocenters. The van der Waals surface area contributed by atoms with Gasteiger partial charge in [-0.3, -0.25) is 9.78 Å². The van der Waals surface area contributed by atoms with Crippen molar-refractivity contribution >= 4 is 27.6 Å². The molecule has 9 heteroatoms. The number of benzene rings is 1. The minimum absolute atomic E-state index is 0.0831. The second-order valence-corrected chi connectivity index (χ2v) is 10.2. The van der Waals surface area contributed by atoms with Crippen molar-refractivity contribution in [1.82, 2.24) is 19.6 Å². The van der Waals surface area contributed by atoms with Crippen molar-refractivity contribution in [2.75, 3.05) is 17.2 Å². The lowest BCUT2D eigenvalue weighted by atomic mass is 9.95. The van der Waals surface area contributed by atoms with Crippen molar-refractivity contribution in [2.45, 2.75) is 18.8 Å². The number of aldehydes is 1. The number of nitrogen functional groups attached to an aromatic ring is 1. The molecule has 4 heterocycles. The van der Waals surface area contributed by atoms with Gasteiger partial charge in [-0.25, -0.2) is 13.4 Å². The second kappa shape index (κ2) is 7.83. The quantitative estimate of drug-likeness (QED) is 0.477. The number of rotatable bonds is 4. The monoisotopic (exact) mass is 447 g/mol. The highest BCUT2D eigenvalue weighted by atomic mass is 32.2. The molecule has 2 N–H and O–H groups in total. The van der Waals surface area contributed by atoms with Gasteiger partial charge in [0, 0.05) is 28.8 Å². The average Bonchev–Trinajstić information content (AvgIpc) is 3.24. The van der Waals surface area contributed by atoms with Gasteiger partial charge >= 0.3 is 0 Å². The van der Waals surface area contributed by atoms with Crippen LogP contribution in [0.15, 0.2) is 54.9 Å². The van der Waals surface area contributed by atoms with Crippen LogP contribution < -0.4 is 5.73 Å². The molecule has 1 aromatic carbocycles. The fourth-order valence-corrected chi connectivity index (χ4v) is 5.67. The zero-order valence-corrected chi connectivity index (χ0v) is 18.0. The van der Waals surface area contributed by atoms with E-state index in [1.165, 1.54) is 4.52 Å². The van der Waals surface area contributed by atoms with Crippen molar-refractivity contribution in [3.63, 3.8) is 0 Å². The maximum atomic E-state index is 11.9. The molecule has 1 aliphatic rings. The molecule has 32 heavy (non-hydrogen) atoms. The molecule has 0 bridgehead atoms. The van der Waals surface area contributed by atoms with Crippen LogP contribution in [0.25, 0.3) is 28.0 Å². The first kappa shape index (κ1) is 20.3. The summed E-state index contributed by atoms with van der Waals surface area (Å²) in [5.41, 5.74) is 11.0. The number of hydrogen-bond donors (Lipinski definition) is 1. The number of sulfone groups is 1. The van der Waals surface area contributed by atoms with E-state index in [0.717, 1.165) is 22.4 Å². The smallest absolute Gasteiger partial charge is 0.165 e. The minimum Gasteiger partial charge on any atom is -0.383 e. The summed E-state index contributed by atoms with van der Waals surface area (Å²) in [7, 11) is -3.04. The summed E-state index contributed by atoms with van der Waals surface area (Å²) in [5.74, 6) is 0.222. The van der Waals surface area contributed by atoms with Crippen LogP contribution in [-0.2, 0) is 9.84 Å². The van der Waals surface area contributed by atoms with Crippen LogP contribution in [0.4, 0.5) is 5.82 Å². The van der Waals surface area contributed by atoms with Gasteiger partial charge in [0.1, 0.15) is 15.7 Å². The Morgan fingerprint density at radius 2 is 1.75 bits per heavy atom. The number of nitrogens with zero attached hydrogens (tertiary/aromatic N) is 4. The molecule has 162 valence electrons. The van der Waals surface area contributed by atoms with Gasteiger partial charge in [0.2, 0.25) is 0 Å². The molecule has 4 aromatic rings. The fourth-order valence-electron chi connectivity index (χ4n) is 4.18. The number of anilines is 1. The van der Waals surface area contributed by atoms with Crippen LogP contribution in [0.2, 0.25) is 0 Å². The van der Waals surface area contributed by atoms with Gasteiger partial charge in [0.15, 0.2) is 11.9 Å². The molecule has 8 nitrogen and oxygen atoms in total. The number of carbonyl (C=O) groups is 1. The molecule has 0 saturated carbocycles. The summed E-state index contributed by atoms with van der Waals surface area (Å²) >= 11 is 0. The van der Waals surface area contributed by atoms with E-state index < -0.39 is 9.84 Å². The van der Waals surface area contributed by atoms with Gasteiger partial charge in [-0.15, -0.1) is 0 Å². The van der Waals surface area contributed by atoms with E-state index >= 15 is 0 Å². The number of fused-ring (bicyclic) bond motifs is 1. The summed E-state index contributed by atoms with van der Waals surface area (Å²) in [6.45, 7) is 0. The number of nitrogens with two attached hydrogens (primary N) is 1. The Morgan fingerprint density at radius 3 is 2.41 bits per heavy atom. The van der Waals surface area contributed by atoms with Crippen molar-refractivity contribution in [3.8, 4) is 22.4 Å². The van der Waals surface area contributed by atoms with E-state index in [0.29, 0.717) is 30.5 Å². The fraction of sp³-hybridized carbons (Fsp3) is 0.217. The molecule has 0 amide bonds. The van der Waals surface area contributed by atoms with Crippen molar-refractivity contribution in [3.05, 3.63) is 66.1 Å². The zero-order chi connectivity index (χ0) is 22.3. The first-order valence-corrected chi connectivity index (χ1v) is 12.1. The van der Waals surface area contributed by atoms with Crippen LogP contribution in [0, 0.1) is 0 Å². The molecule has 1 fully saturated rings. The van der Waals surface area contributed by atoms with Crippen LogP contribution in [0.3, 0.4) is 0 Å². The Kier molecular flexibility index (Phi) is 4.97. The Balaban J connectivity index is 1.58. The molecule has 1 aliphatic heterocycles. The van der Waals surface area contributed by atoms with Crippen LogP contribution in [-0.4, -0.2) is 45.8 Å². The highest BCUT2D eigenvalue weighted by molar-refractivity contribution is 7.91. The van der Waals surface area contributed by atoms with Gasteiger partial charge in [-0.1, -0.05) is 36.4 Å². The standard InChI is InChI=1S/C23H21N5O3S/c24-22-19(14-29)21(16-8-10-32(30,31)11-9-16)27-23-18(13-26-28(22)23)17-6-7-20(25-12-17)15-4-2-1-3-5-15/h1-7,12-14,16H,8-11,24H2. The SMILES string of the molecule is Nc1c(C=O)c(C2CCS(=O)(=O)CC2)nc2c(-c3ccc(-c4ccccc4)nc3)cnn12. The predicted octanol–water partition coefficient (Wildman–Crippen LogP) is 3.15. The zero-order valence-electron chi connectivity index (χ0n) is 17.2. The minimum atomic E-state index is -3.04. The summed E-state index contributed by atoms with van der Waals surface area (Å²) in [5, 5.41) is 4.34. The second-order valence-electron chi connectivity index (χ2n) is 7.93. The van der Waals surface area contributed by atoms with E-state index in [2.05, 4.69) is 10.1 Å². The Labute approximate surface area is 185 Å². The topological polar surface area (TPSA) is 120 Å². The lowest BCUT2D eigenvalue weighted by Crippen LogP contribution is -2.24. The lowest BCUT2D eigenvalue weighted by molar-refractivity contribution is 0.112. The first-order chi connectivity index (χ1) is 15.5. The highest BCUT2D eigenvalue weighted by Gasteiger charge is 2.29. The highest BCUT2D eigenvalue weighted by Crippen LogP contribution is 2.34. The molecule has 0 unspecified atom stereocenters. The molecule has 1 saturated heterocycles. The lowest BCUT2D eigenvalue weighted by Gasteiger charge is -2.23. The first-order valence-electron chi connectivity index (χ1n) is 10.3. The number of hydrogen-bond acceptors (Lipinski definition) is 7. The van der Waals surface area contributed by atoms with Gasteiger partial charge in [0.05, 0.1) is 34.7 Å². The molecule has 3 aromatic heterocycles. The molecule has 0 radical (unpaired) electrons. The summed E-state index contributed by atoms with van der Waals surface area (Å²) in [6.07, 6.45) is 4.93. The van der Waals surface area contributed by atoms with E-state index in [9.17, 15) is 13.2 Å². The normalized spacial score (nSPS) is 16.2. The summed E-state index contributed by atoms with van der Waals surface area (Å²) < 4.78 is 25.2. The Morgan fingerprint density at radius 1 is 1.00 bits per heavy atom. The van der Waals surface area contributed by atoms with E-state index in [4.69, 9.17) is 10.7 Å². The Bertz CT molecular complexity index is 1400. The molecular formula is C23H21N5O3S. The van der Waals surface area contributed by atoms with E-state index in [-0.39, 0.29) is 28.8 Å². The van der Waals surface area contributed by atoms with Crippen LogP contribution in [0.5, 0.6) is 0 Å². The van der Waals surface area contributed by atoms with Gasteiger partial charge < -0.3 is 5.73 Å². The molecular weight excluding hydrogens is 426 g/mol. The van der Waals surface area contributed by atoms with Crippen molar-refractivity contribution in [1.29, 1.82) is 0 Å². The number of aromatic nitrogens is 4. The third-order valence-electron chi connectivity index (χ3n) is 5.95. The number of pyridine rings is 1. The van der Waals surface area contributed by atoms with Gasteiger partial charge in [0.25, 0.3) is 0 Å². The Hall–Kier alpha value is -3.59. The molecule has 0 aliphatic carbocycles. The van der Waals surface area contributed by atoms with Crippen LogP contribution >= 0.6 is 0 Å². The van der Waals surface area contributed by atoms with Crippen molar-refractivity contribution < 1.29 is 13.2 Å². The molecule has 5 rings (SSSR count). The summed E-state index contributed by atoms with van der Waals surface area (Å²) in [4.78, 5) is 21.2. The largest absolute Gasteiger partial charge is 0.383 e. The molecule has 0 spiro atoms. The van der Waals surface area contributed by atoms with Gasteiger partial charge in [-0.05, 0) is 18.9 Å².